The van der Waals surface area contributed by atoms with Crippen molar-refractivity contribution in [3.63, 3.8) is 0 Å². The van der Waals surface area contributed by atoms with Crippen molar-refractivity contribution in [1.82, 2.24) is 4.57 Å². The third-order valence-electron chi connectivity index (χ3n) is 4.46. The molecule has 2 heteroatoms. The van der Waals surface area contributed by atoms with Crippen LogP contribution in [0.3, 0.4) is 0 Å². The number of benzene rings is 3. The van der Waals surface area contributed by atoms with Gasteiger partial charge in [0.25, 0.3) is 0 Å². The minimum atomic E-state index is 0.0360. The third-order valence-corrected chi connectivity index (χ3v) is 4.46. The molecule has 2 nitrogen and oxygen atoms in total. The second-order valence-corrected chi connectivity index (χ2v) is 6.26. The number of nitrogens with zero attached hydrogens (tertiary/aromatic N) is 1. The van der Waals surface area contributed by atoms with Gasteiger partial charge < -0.3 is 4.57 Å². The van der Waals surface area contributed by atoms with Crippen LogP contribution in [0.15, 0.2) is 91.0 Å². The lowest BCUT2D eigenvalue weighted by Crippen LogP contribution is -1.97. The van der Waals surface area contributed by atoms with Crippen molar-refractivity contribution in [3.8, 4) is 16.8 Å². The molecule has 0 aliphatic rings. The van der Waals surface area contributed by atoms with Gasteiger partial charge in [0.1, 0.15) is 0 Å². The smallest absolute Gasteiger partial charge is 0.152 e. The molecule has 0 aliphatic carbocycles. The Morgan fingerprint density at radius 3 is 2.12 bits per heavy atom. The van der Waals surface area contributed by atoms with Crippen LogP contribution in [0.25, 0.3) is 33.8 Å². The van der Waals surface area contributed by atoms with Gasteiger partial charge in [-0.15, -0.1) is 0 Å². The van der Waals surface area contributed by atoms with Crippen molar-refractivity contribution in [2.45, 2.75) is 6.92 Å². The molecule has 0 saturated carbocycles. The molecule has 0 bridgehead atoms. The molecule has 0 radical (unpaired) electrons. The van der Waals surface area contributed by atoms with E-state index in [1.165, 1.54) is 5.39 Å². The molecule has 0 fully saturated rings. The first-order valence-corrected chi connectivity index (χ1v) is 8.68. The van der Waals surface area contributed by atoms with Crippen LogP contribution in [0.5, 0.6) is 0 Å². The molecule has 1 heterocycles. The number of rotatable bonds is 4. The van der Waals surface area contributed by atoms with E-state index in [9.17, 15) is 4.79 Å². The van der Waals surface area contributed by atoms with Crippen LogP contribution >= 0.6 is 0 Å². The van der Waals surface area contributed by atoms with Crippen LogP contribution < -0.4 is 0 Å². The molecular formula is C24H19NO. The Labute approximate surface area is 153 Å². The van der Waals surface area contributed by atoms with Crippen LogP contribution in [-0.4, -0.2) is 10.4 Å². The van der Waals surface area contributed by atoms with Crippen LogP contribution in [0, 0.1) is 0 Å². The first-order chi connectivity index (χ1) is 12.8. The molecule has 4 aromatic rings. The van der Waals surface area contributed by atoms with Crippen LogP contribution in [0.2, 0.25) is 0 Å². The Morgan fingerprint density at radius 1 is 0.808 bits per heavy atom. The van der Waals surface area contributed by atoms with Gasteiger partial charge in [0.15, 0.2) is 5.78 Å². The zero-order valence-corrected chi connectivity index (χ0v) is 14.6. The Morgan fingerprint density at radius 2 is 1.42 bits per heavy atom. The van der Waals surface area contributed by atoms with Crippen LogP contribution in [-0.2, 0) is 4.79 Å². The van der Waals surface area contributed by atoms with Crippen molar-refractivity contribution < 1.29 is 4.79 Å². The Hall–Kier alpha value is -3.39. The second kappa shape index (κ2) is 6.85. The van der Waals surface area contributed by atoms with E-state index >= 15 is 0 Å². The van der Waals surface area contributed by atoms with Crippen molar-refractivity contribution in [3.05, 3.63) is 96.7 Å². The van der Waals surface area contributed by atoms with E-state index in [0.29, 0.717) is 0 Å². The predicted molar refractivity (Wildman–Crippen MR) is 108 cm³/mol. The lowest BCUT2D eigenvalue weighted by molar-refractivity contribution is -0.112. The monoisotopic (exact) mass is 337 g/mol. The first kappa shape index (κ1) is 16.1. The summed E-state index contributed by atoms with van der Waals surface area (Å²) in [4.78, 5) is 11.6. The molecule has 1 aromatic heterocycles. The van der Waals surface area contributed by atoms with Gasteiger partial charge in [0.2, 0.25) is 0 Å². The number of para-hydroxylation sites is 2. The molecule has 0 spiro atoms. The van der Waals surface area contributed by atoms with E-state index in [2.05, 4.69) is 53.1 Å². The van der Waals surface area contributed by atoms with E-state index in [-0.39, 0.29) is 5.78 Å². The molecule has 0 N–H and O–H groups in total. The number of aromatic nitrogens is 1. The van der Waals surface area contributed by atoms with Gasteiger partial charge in [-0.3, -0.25) is 4.79 Å². The number of allylic oxidation sites excluding steroid dienone is 1. The van der Waals surface area contributed by atoms with Crippen LogP contribution in [0.4, 0.5) is 0 Å². The summed E-state index contributed by atoms with van der Waals surface area (Å²) < 4.78 is 2.22. The van der Waals surface area contributed by atoms with Crippen molar-refractivity contribution >= 4 is 22.8 Å². The maximum atomic E-state index is 11.6. The number of carbonyl (C=O) groups is 1. The lowest BCUT2D eigenvalue weighted by atomic mass is 10.0. The minimum Gasteiger partial charge on any atom is -0.309 e. The van der Waals surface area contributed by atoms with Gasteiger partial charge >= 0.3 is 0 Å². The maximum Gasteiger partial charge on any atom is 0.152 e. The highest BCUT2D eigenvalue weighted by Gasteiger charge is 2.17. The summed E-state index contributed by atoms with van der Waals surface area (Å²) in [7, 11) is 0. The van der Waals surface area contributed by atoms with Gasteiger partial charge in [-0.25, -0.2) is 0 Å². The summed E-state index contributed by atoms with van der Waals surface area (Å²) in [6, 6.07) is 29.0. The normalized spacial score (nSPS) is 11.3. The molecule has 3 aromatic carbocycles. The maximum absolute atomic E-state index is 11.6. The number of hydrogen-bond acceptors (Lipinski definition) is 1. The summed E-state index contributed by atoms with van der Waals surface area (Å²) in [6.07, 6.45) is 3.57. The molecule has 4 rings (SSSR count). The molecule has 126 valence electrons. The molecule has 0 saturated heterocycles. The fourth-order valence-electron chi connectivity index (χ4n) is 3.38. The lowest BCUT2D eigenvalue weighted by Gasteiger charge is -2.10. The second-order valence-electron chi connectivity index (χ2n) is 6.26. The zero-order chi connectivity index (χ0) is 17.9. The van der Waals surface area contributed by atoms with E-state index in [1.54, 1.807) is 13.0 Å². The summed E-state index contributed by atoms with van der Waals surface area (Å²) in [5, 5.41) is 1.17. The highest BCUT2D eigenvalue weighted by molar-refractivity contribution is 6.03. The molecule has 0 amide bonds. The van der Waals surface area contributed by atoms with Gasteiger partial charge in [-0.2, -0.15) is 0 Å². The Kier molecular flexibility index (Phi) is 4.24. The largest absolute Gasteiger partial charge is 0.309 e. The van der Waals surface area contributed by atoms with Gasteiger partial charge in [0.05, 0.1) is 11.2 Å². The van der Waals surface area contributed by atoms with E-state index in [1.807, 2.05) is 42.5 Å². The van der Waals surface area contributed by atoms with Crippen molar-refractivity contribution in [2.75, 3.05) is 0 Å². The highest BCUT2D eigenvalue weighted by atomic mass is 16.1. The topological polar surface area (TPSA) is 22.0 Å². The highest BCUT2D eigenvalue weighted by Crippen LogP contribution is 2.37. The number of carbonyl (C=O) groups excluding carboxylic acids is 1. The summed E-state index contributed by atoms with van der Waals surface area (Å²) in [5.41, 5.74) is 5.50. The quantitative estimate of drug-likeness (QED) is 0.425. The molecule has 26 heavy (non-hydrogen) atoms. The zero-order valence-electron chi connectivity index (χ0n) is 14.6. The SMILES string of the molecule is CC(=O)/C=C/c1c(-c2ccccc2)c2ccccc2n1-c1ccccc1. The summed E-state index contributed by atoms with van der Waals surface area (Å²) in [6.45, 7) is 1.58. The van der Waals surface area contributed by atoms with Gasteiger partial charge in [0, 0.05) is 16.6 Å². The Balaban J connectivity index is 2.12. The Bertz CT molecular complexity index is 1010. The predicted octanol–water partition coefficient (Wildman–Crippen LogP) is 5.90. The average Bonchev–Trinajstić information content (AvgIpc) is 3.02. The molecule has 0 unspecified atom stereocenters. The van der Waals surface area contributed by atoms with Gasteiger partial charge in [-0.05, 0) is 42.8 Å². The third kappa shape index (κ3) is 2.86. The minimum absolute atomic E-state index is 0.0360. The molecular weight excluding hydrogens is 318 g/mol. The van der Waals surface area contributed by atoms with E-state index in [4.69, 9.17) is 0 Å². The van der Waals surface area contributed by atoms with Crippen LogP contribution in [0.1, 0.15) is 12.6 Å². The van der Waals surface area contributed by atoms with E-state index in [0.717, 1.165) is 28.0 Å². The molecule has 0 atom stereocenters. The summed E-state index contributed by atoms with van der Waals surface area (Å²) in [5.74, 6) is 0.0360. The van der Waals surface area contributed by atoms with Gasteiger partial charge in [-0.1, -0.05) is 66.7 Å². The van der Waals surface area contributed by atoms with Crippen molar-refractivity contribution in [2.24, 2.45) is 0 Å². The first-order valence-electron chi connectivity index (χ1n) is 8.68. The van der Waals surface area contributed by atoms with Crippen molar-refractivity contribution in [1.29, 1.82) is 0 Å². The number of hydrogen-bond donors (Lipinski definition) is 0. The number of ketones is 1. The molecule has 0 aliphatic heterocycles. The standard InChI is InChI=1S/C24H19NO/c1-18(26)16-17-23-24(19-10-4-2-5-11-19)21-14-8-9-15-22(21)25(23)20-12-6-3-7-13-20/h2-17H,1H3/b17-16+. The average molecular weight is 337 g/mol. The fraction of sp³-hybridized carbons (Fsp3) is 0.0417. The summed E-state index contributed by atoms with van der Waals surface area (Å²) >= 11 is 0. The number of fused-ring (bicyclic) bond motifs is 1. The van der Waals surface area contributed by atoms with E-state index < -0.39 is 0 Å². The fourth-order valence-corrected chi connectivity index (χ4v) is 3.38.